The minimum atomic E-state index is -0.895. The second-order valence-electron chi connectivity index (χ2n) is 7.27. The van der Waals surface area contributed by atoms with Gasteiger partial charge in [-0.15, -0.1) is 0 Å². The van der Waals surface area contributed by atoms with Crippen LogP contribution in [0.25, 0.3) is 11.3 Å². The number of carbonyl (C=O) groups excluding carboxylic acids is 2. The molecule has 4 rings (SSSR count). The molecule has 170 valence electrons. The number of thioether (sulfide) groups is 1. The first-order chi connectivity index (χ1) is 15.9. The topological polar surface area (TPSA) is 96.2 Å². The van der Waals surface area contributed by atoms with Crippen LogP contribution in [0.3, 0.4) is 0 Å². The molecule has 0 fully saturated rings. The van der Waals surface area contributed by atoms with E-state index in [1.54, 1.807) is 67.5 Å². The van der Waals surface area contributed by atoms with E-state index in [1.807, 2.05) is 0 Å². The van der Waals surface area contributed by atoms with Crippen LogP contribution < -0.4 is 19.9 Å². The van der Waals surface area contributed by atoms with Crippen LogP contribution in [0.15, 0.2) is 52.4 Å². The molecule has 0 saturated heterocycles. The fourth-order valence-electron chi connectivity index (χ4n) is 3.79. The third-order valence-electron chi connectivity index (χ3n) is 5.29. The Bertz CT molecular complexity index is 1310. The third kappa shape index (κ3) is 4.14. The van der Waals surface area contributed by atoms with E-state index < -0.39 is 12.1 Å². The van der Waals surface area contributed by atoms with Crippen molar-refractivity contribution in [2.24, 2.45) is 0 Å². The Labute approximate surface area is 199 Å². The smallest absolute Gasteiger partial charge is 0.325 e. The second-order valence-corrected chi connectivity index (χ2v) is 8.51. The second kappa shape index (κ2) is 9.36. The first-order valence-corrected chi connectivity index (χ1v) is 12.0. The molecule has 1 amide bonds. The highest BCUT2D eigenvalue weighted by Crippen LogP contribution is 2.40. The number of hydrogen-bond donors (Lipinski definition) is 1. The molecule has 8 nitrogen and oxygen atoms in total. The van der Waals surface area contributed by atoms with E-state index in [-0.39, 0.29) is 30.1 Å². The minimum absolute atomic E-state index is 0.172. The summed E-state index contributed by atoms with van der Waals surface area (Å²) in [6.45, 7) is 3.45. The predicted octanol–water partition coefficient (Wildman–Crippen LogP) is 3.72. The van der Waals surface area contributed by atoms with Gasteiger partial charge in [-0.1, -0.05) is 49.3 Å². The molecular weight excluding hydrogens is 464 g/mol. The van der Waals surface area contributed by atoms with Crippen LogP contribution in [0.1, 0.15) is 38.4 Å². The SMILES string of the molecule is CCC(=O)Oc1ccc(Cl)cc1[C@@H]1N(C(=O)CC)c2ccccc2-c2c(=O)[nH]c(SC)n[n+]21. The number of fused-ring (bicyclic) bond motifs is 3. The van der Waals surface area contributed by atoms with E-state index in [1.165, 1.54) is 16.4 Å². The van der Waals surface area contributed by atoms with E-state index in [0.717, 1.165) is 0 Å². The number of anilines is 1. The van der Waals surface area contributed by atoms with Crippen LogP contribution in [-0.4, -0.2) is 28.2 Å². The quantitative estimate of drug-likeness (QED) is 0.256. The Morgan fingerprint density at radius 1 is 1.21 bits per heavy atom. The Kier molecular flexibility index (Phi) is 6.53. The number of amides is 1. The highest BCUT2D eigenvalue weighted by atomic mass is 35.5. The maximum absolute atomic E-state index is 13.3. The van der Waals surface area contributed by atoms with Gasteiger partial charge < -0.3 is 4.74 Å². The number of carbonyl (C=O) groups is 2. The van der Waals surface area contributed by atoms with Crippen molar-refractivity contribution in [1.82, 2.24) is 10.1 Å². The zero-order valence-electron chi connectivity index (χ0n) is 18.3. The van der Waals surface area contributed by atoms with E-state index in [2.05, 4.69) is 10.1 Å². The van der Waals surface area contributed by atoms with Gasteiger partial charge >= 0.3 is 17.2 Å². The summed E-state index contributed by atoms with van der Waals surface area (Å²) >= 11 is 7.61. The summed E-state index contributed by atoms with van der Waals surface area (Å²) in [7, 11) is 0. The van der Waals surface area contributed by atoms with Crippen molar-refractivity contribution >= 4 is 40.9 Å². The molecule has 0 radical (unpaired) electrons. The molecule has 0 spiro atoms. The molecule has 1 aromatic heterocycles. The lowest BCUT2D eigenvalue weighted by molar-refractivity contribution is -0.763. The lowest BCUT2D eigenvalue weighted by Gasteiger charge is -2.32. The molecule has 0 saturated carbocycles. The zero-order chi connectivity index (χ0) is 23.7. The van der Waals surface area contributed by atoms with Gasteiger partial charge in [0.25, 0.3) is 6.17 Å². The molecule has 1 N–H and O–H groups in total. The number of nitrogens with one attached hydrogen (secondary N) is 1. The maximum Gasteiger partial charge on any atom is 0.325 e. The summed E-state index contributed by atoms with van der Waals surface area (Å²) < 4.78 is 7.10. The lowest BCUT2D eigenvalue weighted by Crippen LogP contribution is -2.61. The summed E-state index contributed by atoms with van der Waals surface area (Å²) in [5.74, 6) is -0.376. The molecule has 1 atom stereocenters. The van der Waals surface area contributed by atoms with Gasteiger partial charge in [0.2, 0.25) is 11.1 Å². The summed E-state index contributed by atoms with van der Waals surface area (Å²) in [5.41, 5.74) is 1.53. The van der Waals surface area contributed by atoms with Gasteiger partial charge in [0.1, 0.15) is 5.75 Å². The standard InChI is InChI=1S/C23H21ClN4O4S/c1-4-18(29)27-16-9-7-6-8-14(16)20-21(31)25-23(33-3)26-28(20)22(27)15-12-13(24)10-11-17(15)32-19(30)5-2/h6-12,22H,4-5H2,1-3H3/p+1/t22-/m1/s1. The van der Waals surface area contributed by atoms with Crippen molar-refractivity contribution < 1.29 is 19.0 Å². The zero-order valence-corrected chi connectivity index (χ0v) is 19.9. The van der Waals surface area contributed by atoms with Crippen molar-refractivity contribution in [3.63, 3.8) is 0 Å². The molecule has 0 bridgehead atoms. The number of H-pyrrole nitrogens is 1. The fraction of sp³-hybridized carbons (Fsp3) is 0.261. The van der Waals surface area contributed by atoms with E-state index in [9.17, 15) is 14.4 Å². The molecule has 2 heterocycles. The number of aromatic nitrogens is 3. The van der Waals surface area contributed by atoms with E-state index in [0.29, 0.717) is 32.7 Å². The largest absolute Gasteiger partial charge is 0.426 e. The Balaban J connectivity index is 2.09. The molecule has 3 aromatic rings. The Morgan fingerprint density at radius 2 is 1.97 bits per heavy atom. The Morgan fingerprint density at radius 3 is 2.67 bits per heavy atom. The number of hydrogen-bond acceptors (Lipinski definition) is 6. The number of aromatic amines is 1. The number of nitrogens with zero attached hydrogens (tertiary/aromatic N) is 3. The molecule has 10 heteroatoms. The molecule has 33 heavy (non-hydrogen) atoms. The summed E-state index contributed by atoms with van der Waals surface area (Å²) in [6, 6.07) is 12.0. The third-order valence-corrected chi connectivity index (χ3v) is 6.09. The number of halogens is 1. The summed E-state index contributed by atoms with van der Waals surface area (Å²) in [4.78, 5) is 43.0. The van der Waals surface area contributed by atoms with Crippen LogP contribution in [0.4, 0.5) is 5.69 Å². The van der Waals surface area contributed by atoms with Crippen LogP contribution in [-0.2, 0) is 9.59 Å². The van der Waals surface area contributed by atoms with Gasteiger partial charge in [-0.25, -0.2) is 4.90 Å². The number of para-hydroxylation sites is 1. The predicted molar refractivity (Wildman–Crippen MR) is 126 cm³/mol. The maximum atomic E-state index is 13.3. The summed E-state index contributed by atoms with van der Waals surface area (Å²) in [6.07, 6.45) is 1.28. The molecule has 2 aromatic carbocycles. The van der Waals surface area contributed by atoms with Crippen LogP contribution in [0, 0.1) is 0 Å². The van der Waals surface area contributed by atoms with E-state index in [4.69, 9.17) is 16.3 Å². The van der Waals surface area contributed by atoms with Crippen molar-refractivity contribution in [1.29, 1.82) is 0 Å². The van der Waals surface area contributed by atoms with Gasteiger partial charge in [-0.2, -0.15) is 0 Å². The fourth-order valence-corrected chi connectivity index (χ4v) is 4.34. The van der Waals surface area contributed by atoms with Gasteiger partial charge in [0.15, 0.2) is 0 Å². The van der Waals surface area contributed by atoms with Crippen LogP contribution >= 0.6 is 23.4 Å². The van der Waals surface area contributed by atoms with Gasteiger partial charge in [-0.05, 0) is 41.3 Å². The Hall–Kier alpha value is -3.17. The normalized spacial score (nSPS) is 14.4. The average Bonchev–Trinajstić information content (AvgIpc) is 2.83. The van der Waals surface area contributed by atoms with Crippen molar-refractivity contribution in [3.8, 4) is 17.0 Å². The highest BCUT2D eigenvalue weighted by molar-refractivity contribution is 7.98. The van der Waals surface area contributed by atoms with E-state index >= 15 is 0 Å². The van der Waals surface area contributed by atoms with Gasteiger partial charge in [-0.3, -0.25) is 19.4 Å². The molecule has 0 unspecified atom stereocenters. The van der Waals surface area contributed by atoms with Crippen molar-refractivity contribution in [2.75, 3.05) is 11.2 Å². The monoisotopic (exact) mass is 485 g/mol. The number of esters is 1. The summed E-state index contributed by atoms with van der Waals surface area (Å²) in [5, 5.41) is 5.40. The van der Waals surface area contributed by atoms with Crippen molar-refractivity contribution in [2.45, 2.75) is 38.0 Å². The molecule has 0 aliphatic carbocycles. The van der Waals surface area contributed by atoms with Gasteiger partial charge in [0, 0.05) is 23.0 Å². The highest BCUT2D eigenvalue weighted by Gasteiger charge is 2.46. The average molecular weight is 486 g/mol. The first-order valence-electron chi connectivity index (χ1n) is 10.4. The van der Waals surface area contributed by atoms with Gasteiger partial charge in [0.05, 0.1) is 16.8 Å². The van der Waals surface area contributed by atoms with Crippen LogP contribution in [0.2, 0.25) is 5.02 Å². The molecular formula is C23H22ClN4O4S+. The molecule has 1 aliphatic heterocycles. The van der Waals surface area contributed by atoms with Crippen molar-refractivity contribution in [3.05, 3.63) is 63.4 Å². The minimum Gasteiger partial charge on any atom is -0.426 e. The number of rotatable bonds is 5. The number of ether oxygens (including phenoxy) is 1. The first kappa shape index (κ1) is 23.0. The lowest BCUT2D eigenvalue weighted by atomic mass is 10.0. The molecule has 1 aliphatic rings. The number of benzene rings is 2. The van der Waals surface area contributed by atoms with Crippen LogP contribution in [0.5, 0.6) is 5.75 Å².